The molecular weight excluding hydrogens is 332 g/mol. The van der Waals surface area contributed by atoms with Crippen LogP contribution in [0.5, 0.6) is 5.75 Å². The topological polar surface area (TPSA) is 66.0 Å². The summed E-state index contributed by atoms with van der Waals surface area (Å²) in [7, 11) is 0. The van der Waals surface area contributed by atoms with Gasteiger partial charge in [-0.05, 0) is 18.2 Å². The molecule has 1 heterocycles. The van der Waals surface area contributed by atoms with Gasteiger partial charge in [-0.25, -0.2) is 4.68 Å². The fourth-order valence-electron chi connectivity index (χ4n) is 2.01. The van der Waals surface area contributed by atoms with Crippen LogP contribution in [0.3, 0.4) is 0 Å². The van der Waals surface area contributed by atoms with Crippen molar-refractivity contribution in [2.75, 3.05) is 18.2 Å². The smallest absolute Gasteiger partial charge is 0.210 e. The number of hydrogen-bond donors (Lipinski definition) is 1. The van der Waals surface area contributed by atoms with E-state index < -0.39 is 0 Å². The zero-order valence-electron chi connectivity index (χ0n) is 12.2. The molecule has 5 nitrogen and oxygen atoms in total. The first kappa shape index (κ1) is 15.7. The summed E-state index contributed by atoms with van der Waals surface area (Å²) >= 11 is 7.40. The first-order chi connectivity index (χ1) is 11.2. The van der Waals surface area contributed by atoms with Crippen molar-refractivity contribution >= 4 is 23.4 Å². The summed E-state index contributed by atoms with van der Waals surface area (Å²) in [6.45, 7) is 0.526. The van der Waals surface area contributed by atoms with E-state index in [2.05, 4.69) is 10.2 Å². The average molecular weight is 347 g/mol. The molecule has 0 saturated heterocycles. The summed E-state index contributed by atoms with van der Waals surface area (Å²) < 4.78 is 7.14. The Hall–Kier alpha value is -2.18. The van der Waals surface area contributed by atoms with Crippen LogP contribution in [0.4, 0.5) is 0 Å². The molecule has 1 aromatic heterocycles. The predicted octanol–water partition coefficient (Wildman–Crippen LogP) is 3.48. The third-order valence-electron chi connectivity index (χ3n) is 3.08. The second-order valence-corrected chi connectivity index (χ2v) is 6.20. The highest BCUT2D eigenvalue weighted by molar-refractivity contribution is 7.99. The molecule has 3 rings (SSSR count). The molecule has 0 aliphatic heterocycles. The number of nitrogen functional groups attached to an aromatic ring is 1. The van der Waals surface area contributed by atoms with E-state index in [9.17, 15) is 0 Å². The molecule has 2 aromatic carbocycles. The van der Waals surface area contributed by atoms with Gasteiger partial charge in [-0.2, -0.15) is 0 Å². The minimum Gasteiger partial charge on any atom is -0.493 e. The van der Waals surface area contributed by atoms with Gasteiger partial charge in [0, 0.05) is 16.3 Å². The normalized spacial score (nSPS) is 10.7. The lowest BCUT2D eigenvalue weighted by atomic mass is 10.2. The van der Waals surface area contributed by atoms with Crippen LogP contribution in [0.1, 0.15) is 0 Å². The lowest BCUT2D eigenvalue weighted by molar-refractivity contribution is 0.344. The van der Waals surface area contributed by atoms with Gasteiger partial charge in [-0.1, -0.05) is 59.8 Å². The number of halogens is 1. The van der Waals surface area contributed by atoms with E-state index in [1.54, 1.807) is 6.07 Å². The molecule has 0 radical (unpaired) electrons. The molecule has 0 aliphatic rings. The molecule has 0 fully saturated rings. The van der Waals surface area contributed by atoms with Gasteiger partial charge in [-0.3, -0.25) is 0 Å². The Morgan fingerprint density at radius 1 is 1.09 bits per heavy atom. The van der Waals surface area contributed by atoms with Crippen molar-refractivity contribution in [3.8, 4) is 17.1 Å². The van der Waals surface area contributed by atoms with E-state index in [1.807, 2.05) is 48.5 Å². The number of nitrogens with zero attached hydrogens (tertiary/aromatic N) is 3. The van der Waals surface area contributed by atoms with Crippen molar-refractivity contribution in [3.63, 3.8) is 0 Å². The Bertz CT molecular complexity index is 779. The fourth-order valence-corrected chi connectivity index (χ4v) is 2.86. The number of nitrogens with two attached hydrogens (primary N) is 1. The molecule has 23 heavy (non-hydrogen) atoms. The van der Waals surface area contributed by atoms with Gasteiger partial charge in [0.2, 0.25) is 5.16 Å². The van der Waals surface area contributed by atoms with Crippen LogP contribution in [0.25, 0.3) is 11.4 Å². The molecular formula is C16H15ClN4OS. The van der Waals surface area contributed by atoms with Crippen molar-refractivity contribution in [1.29, 1.82) is 0 Å². The van der Waals surface area contributed by atoms with Crippen LogP contribution in [0, 0.1) is 0 Å². The lowest BCUT2D eigenvalue weighted by Crippen LogP contribution is -2.12. The maximum Gasteiger partial charge on any atom is 0.210 e. The largest absolute Gasteiger partial charge is 0.493 e. The molecule has 118 valence electrons. The lowest BCUT2D eigenvalue weighted by Gasteiger charge is -2.06. The van der Waals surface area contributed by atoms with Gasteiger partial charge in [0.25, 0.3) is 0 Å². The number of thioether (sulfide) groups is 1. The third kappa shape index (κ3) is 3.97. The summed E-state index contributed by atoms with van der Waals surface area (Å²) in [6.07, 6.45) is 0. The summed E-state index contributed by atoms with van der Waals surface area (Å²) in [5.74, 6) is 8.16. The maximum absolute atomic E-state index is 6.06. The summed E-state index contributed by atoms with van der Waals surface area (Å²) in [6, 6.07) is 17.0. The van der Waals surface area contributed by atoms with Crippen molar-refractivity contribution in [1.82, 2.24) is 14.9 Å². The highest BCUT2D eigenvalue weighted by Crippen LogP contribution is 2.22. The highest BCUT2D eigenvalue weighted by atomic mass is 35.5. The van der Waals surface area contributed by atoms with Crippen LogP contribution in [-0.2, 0) is 0 Å². The second kappa shape index (κ2) is 7.39. The first-order valence-corrected chi connectivity index (χ1v) is 8.37. The zero-order chi connectivity index (χ0) is 16.1. The van der Waals surface area contributed by atoms with Crippen molar-refractivity contribution in [2.45, 2.75) is 5.16 Å². The Morgan fingerprint density at radius 3 is 2.70 bits per heavy atom. The molecule has 0 spiro atoms. The van der Waals surface area contributed by atoms with Gasteiger partial charge >= 0.3 is 0 Å². The van der Waals surface area contributed by atoms with E-state index >= 15 is 0 Å². The summed E-state index contributed by atoms with van der Waals surface area (Å²) in [4.78, 5) is 0. The first-order valence-electron chi connectivity index (χ1n) is 7.01. The highest BCUT2D eigenvalue weighted by Gasteiger charge is 2.11. The molecule has 0 saturated carbocycles. The standard InChI is InChI=1S/C16H15ClN4OS/c17-13-7-4-8-14(11-13)22-9-10-23-16-20-19-15(21(16)18)12-5-2-1-3-6-12/h1-8,11H,9-10,18H2. The molecule has 0 aliphatic carbocycles. The van der Waals surface area contributed by atoms with E-state index in [-0.39, 0.29) is 0 Å². The number of rotatable bonds is 6. The van der Waals surface area contributed by atoms with Gasteiger partial charge in [0.15, 0.2) is 5.82 Å². The van der Waals surface area contributed by atoms with Gasteiger partial charge < -0.3 is 10.6 Å². The molecule has 0 bridgehead atoms. The van der Waals surface area contributed by atoms with Gasteiger partial charge in [-0.15, -0.1) is 10.2 Å². The Morgan fingerprint density at radius 2 is 1.91 bits per heavy atom. The second-order valence-electron chi connectivity index (χ2n) is 4.70. The van der Waals surface area contributed by atoms with Crippen LogP contribution >= 0.6 is 23.4 Å². The van der Waals surface area contributed by atoms with Gasteiger partial charge in [0.1, 0.15) is 5.75 Å². The summed E-state index contributed by atoms with van der Waals surface area (Å²) in [5.41, 5.74) is 0.935. The number of ether oxygens (including phenoxy) is 1. The Kier molecular flexibility index (Phi) is 5.05. The molecule has 3 aromatic rings. The molecule has 0 amide bonds. The monoisotopic (exact) mass is 346 g/mol. The van der Waals surface area contributed by atoms with Crippen molar-refractivity contribution < 1.29 is 4.74 Å². The molecule has 0 atom stereocenters. The van der Waals surface area contributed by atoms with E-state index in [1.165, 1.54) is 16.4 Å². The fraction of sp³-hybridized carbons (Fsp3) is 0.125. The molecule has 0 unspecified atom stereocenters. The maximum atomic E-state index is 6.06. The average Bonchev–Trinajstić information content (AvgIpc) is 2.93. The van der Waals surface area contributed by atoms with Crippen LogP contribution in [-0.4, -0.2) is 27.2 Å². The van der Waals surface area contributed by atoms with E-state index in [0.717, 1.165) is 11.3 Å². The number of aromatic nitrogens is 3. The van der Waals surface area contributed by atoms with Crippen LogP contribution in [0.2, 0.25) is 5.02 Å². The van der Waals surface area contributed by atoms with Crippen molar-refractivity contribution in [3.05, 3.63) is 59.6 Å². The van der Waals surface area contributed by atoms with Gasteiger partial charge in [0.05, 0.1) is 6.61 Å². The number of hydrogen-bond acceptors (Lipinski definition) is 5. The molecule has 2 N–H and O–H groups in total. The quantitative estimate of drug-likeness (QED) is 0.420. The van der Waals surface area contributed by atoms with E-state index in [4.69, 9.17) is 22.2 Å². The van der Waals surface area contributed by atoms with Crippen LogP contribution < -0.4 is 10.6 Å². The Balaban J connectivity index is 1.56. The summed E-state index contributed by atoms with van der Waals surface area (Å²) in [5, 5.41) is 9.58. The third-order valence-corrected chi connectivity index (χ3v) is 4.22. The Labute approximate surface area is 143 Å². The predicted molar refractivity (Wildman–Crippen MR) is 93.3 cm³/mol. The molecule has 7 heteroatoms. The minimum absolute atomic E-state index is 0.526. The van der Waals surface area contributed by atoms with E-state index in [0.29, 0.717) is 28.4 Å². The zero-order valence-corrected chi connectivity index (χ0v) is 13.8. The SMILES string of the molecule is Nn1c(SCCOc2cccc(Cl)c2)nnc1-c1ccccc1. The van der Waals surface area contributed by atoms with Crippen molar-refractivity contribution in [2.24, 2.45) is 0 Å². The van der Waals surface area contributed by atoms with Crippen LogP contribution in [0.15, 0.2) is 59.8 Å². The minimum atomic E-state index is 0.526. The number of benzene rings is 2.